The van der Waals surface area contributed by atoms with Gasteiger partial charge in [0.1, 0.15) is 0 Å². The molecule has 0 unspecified atom stereocenters. The molecule has 0 aliphatic rings. The number of hydrogen-bond acceptors (Lipinski definition) is 3. The van der Waals surface area contributed by atoms with Crippen LogP contribution in [-0.2, 0) is 16.6 Å². The number of sulfonamides is 1. The summed E-state index contributed by atoms with van der Waals surface area (Å²) in [6, 6.07) is 7.31. The van der Waals surface area contributed by atoms with Crippen LogP contribution in [0.15, 0.2) is 29.2 Å². The molecule has 1 aromatic rings. The summed E-state index contributed by atoms with van der Waals surface area (Å²) in [5.74, 6) is 2.38. The van der Waals surface area contributed by atoms with Crippen LogP contribution in [0.4, 0.5) is 0 Å². The van der Waals surface area contributed by atoms with Gasteiger partial charge in [-0.3, -0.25) is 0 Å². The van der Waals surface area contributed by atoms with Gasteiger partial charge in [0, 0.05) is 19.1 Å². The summed E-state index contributed by atoms with van der Waals surface area (Å²) in [6.45, 7) is 7.09. The number of nitrogens with one attached hydrogen (secondary N) is 1. The second-order valence-corrected chi connectivity index (χ2v) is 6.75. The largest absolute Gasteiger partial charge is 0.310 e. The van der Waals surface area contributed by atoms with Crippen LogP contribution in [0.25, 0.3) is 0 Å². The Morgan fingerprint density at radius 2 is 1.90 bits per heavy atom. The van der Waals surface area contributed by atoms with Crippen molar-refractivity contribution in [2.75, 3.05) is 13.1 Å². The molecule has 0 bridgehead atoms. The zero-order valence-corrected chi connectivity index (χ0v) is 13.1. The van der Waals surface area contributed by atoms with Gasteiger partial charge >= 0.3 is 0 Å². The highest BCUT2D eigenvalue weighted by Crippen LogP contribution is 2.16. The first kappa shape index (κ1) is 16.7. The first-order valence-electron chi connectivity index (χ1n) is 6.67. The molecule has 0 radical (unpaired) electrons. The van der Waals surface area contributed by atoms with Crippen molar-refractivity contribution in [3.8, 4) is 12.3 Å². The molecule has 0 atom stereocenters. The van der Waals surface area contributed by atoms with Crippen molar-refractivity contribution in [3.63, 3.8) is 0 Å². The van der Waals surface area contributed by atoms with E-state index in [0.717, 1.165) is 12.1 Å². The van der Waals surface area contributed by atoms with Crippen LogP contribution in [0.3, 0.4) is 0 Å². The Morgan fingerprint density at radius 3 is 2.35 bits per heavy atom. The molecule has 5 heteroatoms. The third-order valence-corrected chi connectivity index (χ3v) is 4.83. The predicted octanol–water partition coefficient (Wildman–Crippen LogP) is 1.83. The Balaban J connectivity index is 2.89. The van der Waals surface area contributed by atoms with Crippen molar-refractivity contribution in [1.82, 2.24) is 9.62 Å². The summed E-state index contributed by atoms with van der Waals surface area (Å²) in [7, 11) is -3.49. The van der Waals surface area contributed by atoms with E-state index in [9.17, 15) is 8.42 Å². The lowest BCUT2D eigenvalue weighted by Crippen LogP contribution is -2.31. The van der Waals surface area contributed by atoms with Gasteiger partial charge in [-0.15, -0.1) is 6.42 Å². The summed E-state index contributed by atoms with van der Waals surface area (Å²) in [4.78, 5) is 0.280. The normalized spacial score (nSPS) is 11.8. The van der Waals surface area contributed by atoms with Gasteiger partial charge in [-0.05, 0) is 17.7 Å². The number of benzene rings is 1. The van der Waals surface area contributed by atoms with Gasteiger partial charge in [0.25, 0.3) is 0 Å². The fraction of sp³-hybridized carbons (Fsp3) is 0.467. The number of hydrogen-bond donors (Lipinski definition) is 1. The van der Waals surface area contributed by atoms with Crippen LogP contribution in [0.2, 0.25) is 0 Å². The fourth-order valence-electron chi connectivity index (χ4n) is 1.72. The minimum absolute atomic E-state index is 0.0927. The third kappa shape index (κ3) is 4.34. The SMILES string of the molecule is C#CCN(CC)S(=O)(=O)c1ccc(CNC(C)C)cc1. The summed E-state index contributed by atoms with van der Waals surface area (Å²) < 4.78 is 26.0. The minimum Gasteiger partial charge on any atom is -0.310 e. The van der Waals surface area contributed by atoms with E-state index in [1.54, 1.807) is 19.1 Å². The van der Waals surface area contributed by atoms with Crippen LogP contribution in [0.5, 0.6) is 0 Å². The highest BCUT2D eigenvalue weighted by Gasteiger charge is 2.21. The molecule has 1 N–H and O–H groups in total. The molecule has 1 rings (SSSR count). The number of nitrogens with zero attached hydrogens (tertiary/aromatic N) is 1. The van der Waals surface area contributed by atoms with Gasteiger partial charge < -0.3 is 5.32 Å². The van der Waals surface area contributed by atoms with Crippen LogP contribution in [-0.4, -0.2) is 31.9 Å². The molecule has 0 spiro atoms. The topological polar surface area (TPSA) is 49.4 Å². The Bertz CT molecular complexity index is 557. The first-order valence-corrected chi connectivity index (χ1v) is 8.11. The van der Waals surface area contributed by atoms with Gasteiger partial charge in [0.15, 0.2) is 0 Å². The lowest BCUT2D eigenvalue weighted by molar-refractivity contribution is 0.464. The Kier molecular flexibility index (Phi) is 6.21. The zero-order chi connectivity index (χ0) is 15.2. The molecule has 0 aromatic heterocycles. The van der Waals surface area contributed by atoms with Gasteiger partial charge in [-0.25, -0.2) is 8.42 Å². The molecular formula is C15H22N2O2S. The molecule has 20 heavy (non-hydrogen) atoms. The van der Waals surface area contributed by atoms with Crippen molar-refractivity contribution < 1.29 is 8.42 Å². The maximum absolute atomic E-state index is 12.3. The van der Waals surface area contributed by atoms with E-state index in [-0.39, 0.29) is 11.4 Å². The molecule has 0 saturated heterocycles. The van der Waals surface area contributed by atoms with Crippen molar-refractivity contribution in [3.05, 3.63) is 29.8 Å². The molecule has 0 heterocycles. The average molecular weight is 294 g/mol. The third-order valence-electron chi connectivity index (χ3n) is 2.90. The van der Waals surface area contributed by atoms with Gasteiger partial charge in [0.05, 0.1) is 11.4 Å². The minimum atomic E-state index is -3.49. The smallest absolute Gasteiger partial charge is 0.243 e. The van der Waals surface area contributed by atoms with E-state index in [1.807, 2.05) is 12.1 Å². The van der Waals surface area contributed by atoms with Gasteiger partial charge in [-0.2, -0.15) is 4.31 Å². The molecule has 1 aromatic carbocycles. The van der Waals surface area contributed by atoms with E-state index in [2.05, 4.69) is 25.1 Å². The average Bonchev–Trinajstić information content (AvgIpc) is 2.42. The monoisotopic (exact) mass is 294 g/mol. The Labute approximate surface area is 122 Å². The van der Waals surface area contributed by atoms with Crippen molar-refractivity contribution in [1.29, 1.82) is 0 Å². The lowest BCUT2D eigenvalue weighted by atomic mass is 10.2. The zero-order valence-electron chi connectivity index (χ0n) is 12.3. The fourth-order valence-corrected chi connectivity index (χ4v) is 3.08. The van der Waals surface area contributed by atoms with E-state index >= 15 is 0 Å². The Hall–Kier alpha value is -1.35. The molecule has 0 aliphatic carbocycles. The predicted molar refractivity (Wildman–Crippen MR) is 81.7 cm³/mol. The summed E-state index contributed by atoms with van der Waals surface area (Å²) >= 11 is 0. The summed E-state index contributed by atoms with van der Waals surface area (Å²) in [5, 5.41) is 3.29. The molecule has 110 valence electrons. The standard InChI is InChI=1S/C15H22N2O2S/c1-5-11-17(6-2)20(18,19)15-9-7-14(8-10-15)12-16-13(3)4/h1,7-10,13,16H,6,11-12H2,2-4H3. The Morgan fingerprint density at radius 1 is 1.30 bits per heavy atom. The second-order valence-electron chi connectivity index (χ2n) is 4.81. The van der Waals surface area contributed by atoms with Crippen molar-refractivity contribution in [2.45, 2.75) is 38.3 Å². The lowest BCUT2D eigenvalue weighted by Gasteiger charge is -2.18. The molecular weight excluding hydrogens is 272 g/mol. The maximum atomic E-state index is 12.3. The molecule has 0 saturated carbocycles. The first-order chi connectivity index (χ1) is 9.41. The van der Waals surface area contributed by atoms with E-state index in [0.29, 0.717) is 12.6 Å². The molecule has 0 fully saturated rings. The number of terminal acetylenes is 1. The summed E-state index contributed by atoms with van der Waals surface area (Å²) in [5.41, 5.74) is 1.05. The van der Waals surface area contributed by atoms with Gasteiger partial charge in [-0.1, -0.05) is 38.8 Å². The highest BCUT2D eigenvalue weighted by atomic mass is 32.2. The van der Waals surface area contributed by atoms with E-state index < -0.39 is 10.0 Å². The molecule has 4 nitrogen and oxygen atoms in total. The van der Waals surface area contributed by atoms with Gasteiger partial charge in [0.2, 0.25) is 10.0 Å². The number of rotatable bonds is 7. The second kappa shape index (κ2) is 7.44. The van der Waals surface area contributed by atoms with Crippen molar-refractivity contribution >= 4 is 10.0 Å². The summed E-state index contributed by atoms with van der Waals surface area (Å²) in [6.07, 6.45) is 5.21. The van der Waals surface area contributed by atoms with Crippen LogP contribution < -0.4 is 5.32 Å². The van der Waals surface area contributed by atoms with Crippen molar-refractivity contribution in [2.24, 2.45) is 0 Å². The quantitative estimate of drug-likeness (QED) is 0.781. The molecule has 0 aliphatic heterocycles. The molecule has 0 amide bonds. The highest BCUT2D eigenvalue weighted by molar-refractivity contribution is 7.89. The van der Waals surface area contributed by atoms with E-state index in [4.69, 9.17) is 6.42 Å². The van der Waals surface area contributed by atoms with Crippen LogP contribution in [0, 0.1) is 12.3 Å². The van der Waals surface area contributed by atoms with E-state index in [1.165, 1.54) is 4.31 Å². The van der Waals surface area contributed by atoms with Crippen LogP contribution in [0.1, 0.15) is 26.3 Å². The maximum Gasteiger partial charge on any atom is 0.243 e. The van der Waals surface area contributed by atoms with Crippen LogP contribution >= 0.6 is 0 Å².